The van der Waals surface area contributed by atoms with Crippen LogP contribution in [0.1, 0.15) is 50.5 Å². The van der Waals surface area contributed by atoms with Crippen LogP contribution >= 0.6 is 23.4 Å². The SMILES string of the molecule is COc1ccccc1C1SCC(=O)[N@@+](CC(C)(C)C)([C@@]2(C(=O)O)CCNC[C@@H]2C(C)=O)c2ccc(Cl)cc21. The van der Waals surface area contributed by atoms with Crippen LogP contribution in [0, 0.1) is 11.3 Å². The Morgan fingerprint density at radius 2 is 1.92 bits per heavy atom. The van der Waals surface area contributed by atoms with Gasteiger partial charge in [-0.25, -0.2) is 14.1 Å². The number of carbonyl (C=O) groups excluding carboxylic acids is 2. The van der Waals surface area contributed by atoms with E-state index in [0.717, 1.165) is 11.1 Å². The zero-order valence-electron chi connectivity index (χ0n) is 22.5. The van der Waals surface area contributed by atoms with Gasteiger partial charge in [0.25, 0.3) is 0 Å². The van der Waals surface area contributed by atoms with Crippen molar-refractivity contribution in [1.29, 1.82) is 0 Å². The number of para-hydroxylation sites is 1. The molecule has 2 heterocycles. The number of fused-ring (bicyclic) bond motifs is 1. The molecule has 0 spiro atoms. The van der Waals surface area contributed by atoms with Gasteiger partial charge in [-0.15, -0.1) is 11.8 Å². The second kappa shape index (κ2) is 10.6. The third kappa shape index (κ3) is 4.66. The average Bonchev–Trinajstić information content (AvgIpc) is 2.97. The Balaban J connectivity index is 2.14. The first-order valence-corrected chi connectivity index (χ1v) is 14.2. The number of methoxy groups -OCH3 is 1. The van der Waals surface area contributed by atoms with Crippen molar-refractivity contribution in [3.63, 3.8) is 0 Å². The number of carboxylic acid groups (broad SMARTS) is 1. The largest absolute Gasteiger partial charge is 0.496 e. The molecular formula is C29H36ClN2O5S+. The van der Waals surface area contributed by atoms with Crippen molar-refractivity contribution < 1.29 is 24.2 Å². The standard InChI is InChI=1S/C29H35ClN2O5S/c1-18(33)22-15-31-13-12-29(22,27(35)36)32(17-28(2,3)4)23-11-10-19(30)14-21(23)26(38-16-25(32)34)20-8-6-7-9-24(20)37-5/h6-11,14,22,26,31H,12-13,15-17H2,1-5H3/p+1/t22-,26?,29+,32+/m1/s1. The predicted octanol–water partition coefficient (Wildman–Crippen LogP) is 5.09. The monoisotopic (exact) mass is 559 g/mol. The van der Waals surface area contributed by atoms with Crippen LogP contribution in [-0.4, -0.2) is 60.8 Å². The molecular weight excluding hydrogens is 524 g/mol. The van der Waals surface area contributed by atoms with Crippen molar-refractivity contribution in [2.75, 3.05) is 32.5 Å². The molecule has 0 aromatic heterocycles. The normalized spacial score (nSPS) is 27.8. The fraction of sp³-hybridized carbons (Fsp3) is 0.483. The number of piperidine rings is 1. The first-order valence-electron chi connectivity index (χ1n) is 12.8. The minimum Gasteiger partial charge on any atom is -0.496 e. The second-order valence-electron chi connectivity index (χ2n) is 11.4. The van der Waals surface area contributed by atoms with Gasteiger partial charge in [0.15, 0.2) is 0 Å². The van der Waals surface area contributed by atoms with Crippen LogP contribution in [0.3, 0.4) is 0 Å². The number of Topliss-reactive ketones (excluding diaryl/α,β-unsaturated/α-hetero) is 1. The van der Waals surface area contributed by atoms with Gasteiger partial charge < -0.3 is 15.2 Å². The van der Waals surface area contributed by atoms with E-state index in [2.05, 4.69) is 5.32 Å². The van der Waals surface area contributed by atoms with Gasteiger partial charge in [0, 0.05) is 47.1 Å². The number of nitrogens with zero attached hydrogens (tertiary/aromatic N) is 1. The first kappa shape index (κ1) is 28.6. The van der Waals surface area contributed by atoms with Crippen LogP contribution in [0.15, 0.2) is 42.5 Å². The molecule has 0 radical (unpaired) electrons. The van der Waals surface area contributed by atoms with E-state index in [0.29, 0.717) is 23.0 Å². The number of nitrogens with one attached hydrogen (secondary N) is 1. The Bertz CT molecular complexity index is 1260. The fourth-order valence-electron chi connectivity index (χ4n) is 6.40. The molecule has 1 unspecified atom stereocenters. The molecule has 2 N–H and O–H groups in total. The van der Waals surface area contributed by atoms with Crippen molar-refractivity contribution in [2.45, 2.75) is 44.9 Å². The Hall–Kier alpha value is -2.39. The maximum Gasteiger partial charge on any atom is 0.367 e. The highest BCUT2D eigenvalue weighted by Crippen LogP contribution is 2.54. The Kier molecular flexibility index (Phi) is 8.01. The summed E-state index contributed by atoms with van der Waals surface area (Å²) in [6.45, 7) is 8.25. The first-order chi connectivity index (χ1) is 17.9. The molecule has 2 aromatic rings. The number of aliphatic carboxylic acids is 1. The molecule has 2 aromatic carbocycles. The van der Waals surface area contributed by atoms with Crippen molar-refractivity contribution in [3.8, 4) is 5.75 Å². The highest BCUT2D eigenvalue weighted by Gasteiger charge is 2.69. The number of rotatable bonds is 6. The molecule has 204 valence electrons. The predicted molar refractivity (Wildman–Crippen MR) is 152 cm³/mol. The molecule has 0 aliphatic carbocycles. The van der Waals surface area contributed by atoms with Crippen LogP contribution in [0.25, 0.3) is 0 Å². The number of hydrogen-bond donors (Lipinski definition) is 2. The van der Waals surface area contributed by atoms with Crippen LogP contribution < -0.4 is 14.5 Å². The van der Waals surface area contributed by atoms with Crippen molar-refractivity contribution >= 4 is 46.7 Å². The van der Waals surface area contributed by atoms with Crippen LogP contribution in [-0.2, 0) is 14.4 Å². The molecule has 0 bridgehead atoms. The fourth-order valence-corrected chi connectivity index (χ4v) is 7.85. The number of ketones is 1. The number of carboxylic acids is 1. The number of benzene rings is 2. The molecule has 1 amide bonds. The summed E-state index contributed by atoms with van der Waals surface area (Å²) in [7, 11) is 1.61. The van der Waals surface area contributed by atoms with Crippen LogP contribution in [0.4, 0.5) is 5.69 Å². The van der Waals surface area contributed by atoms with E-state index in [1.165, 1.54) is 18.7 Å². The molecule has 0 saturated carbocycles. The molecule has 38 heavy (non-hydrogen) atoms. The number of quaternary nitrogens is 1. The van der Waals surface area contributed by atoms with E-state index >= 15 is 0 Å². The van der Waals surface area contributed by atoms with E-state index < -0.39 is 27.3 Å². The second-order valence-corrected chi connectivity index (χ2v) is 12.9. The maximum absolute atomic E-state index is 14.7. The quantitative estimate of drug-likeness (QED) is 0.476. The van der Waals surface area contributed by atoms with Gasteiger partial charge in [0.2, 0.25) is 5.54 Å². The average molecular weight is 560 g/mol. The summed E-state index contributed by atoms with van der Waals surface area (Å²) in [5, 5.41) is 14.5. The summed E-state index contributed by atoms with van der Waals surface area (Å²) in [4.78, 5) is 41.4. The number of amides is 1. The number of carbonyl (C=O) groups is 3. The molecule has 4 rings (SSSR count). The maximum atomic E-state index is 14.7. The van der Waals surface area contributed by atoms with Gasteiger partial charge in [-0.2, -0.15) is 0 Å². The van der Waals surface area contributed by atoms with E-state index in [9.17, 15) is 19.5 Å². The number of hydrogen-bond acceptors (Lipinski definition) is 6. The molecule has 9 heteroatoms. The van der Waals surface area contributed by atoms with Gasteiger partial charge in [-0.3, -0.25) is 4.79 Å². The van der Waals surface area contributed by atoms with Crippen molar-refractivity contribution in [3.05, 3.63) is 58.6 Å². The number of halogens is 1. The molecule has 2 aliphatic rings. The Morgan fingerprint density at radius 3 is 2.55 bits per heavy atom. The van der Waals surface area contributed by atoms with Crippen molar-refractivity contribution in [2.24, 2.45) is 11.3 Å². The summed E-state index contributed by atoms with van der Waals surface area (Å²) in [5.41, 5.74) is 0.107. The van der Waals surface area contributed by atoms with E-state index in [1.807, 2.05) is 51.1 Å². The summed E-state index contributed by atoms with van der Waals surface area (Å²) < 4.78 is 5.24. The lowest BCUT2D eigenvalue weighted by Gasteiger charge is -2.54. The van der Waals surface area contributed by atoms with E-state index in [4.69, 9.17) is 16.3 Å². The molecule has 1 saturated heterocycles. The number of ether oxygens (including phenoxy) is 1. The zero-order chi connectivity index (χ0) is 27.9. The summed E-state index contributed by atoms with van der Waals surface area (Å²) >= 11 is 8.01. The van der Waals surface area contributed by atoms with E-state index in [-0.39, 0.29) is 42.2 Å². The summed E-state index contributed by atoms with van der Waals surface area (Å²) in [6.07, 6.45) is 0.139. The Labute approximate surface area is 233 Å². The lowest BCUT2D eigenvalue weighted by atomic mass is 9.70. The lowest BCUT2D eigenvalue weighted by molar-refractivity contribution is -0.167. The van der Waals surface area contributed by atoms with Gasteiger partial charge >= 0.3 is 11.9 Å². The number of thioether (sulfide) groups is 1. The molecule has 1 fully saturated rings. The topological polar surface area (TPSA) is 92.7 Å². The van der Waals surface area contributed by atoms with Gasteiger partial charge in [0.05, 0.1) is 24.8 Å². The van der Waals surface area contributed by atoms with Crippen molar-refractivity contribution in [1.82, 2.24) is 9.80 Å². The third-order valence-electron chi connectivity index (χ3n) is 7.77. The zero-order valence-corrected chi connectivity index (χ0v) is 24.1. The van der Waals surface area contributed by atoms with Crippen LogP contribution in [0.5, 0.6) is 5.75 Å². The van der Waals surface area contributed by atoms with Gasteiger partial charge in [-0.1, -0.05) is 50.6 Å². The third-order valence-corrected chi connectivity index (χ3v) is 9.26. The highest BCUT2D eigenvalue weighted by atomic mass is 35.5. The summed E-state index contributed by atoms with van der Waals surface area (Å²) in [6, 6.07) is 13.0. The smallest absolute Gasteiger partial charge is 0.367 e. The highest BCUT2D eigenvalue weighted by molar-refractivity contribution is 8.00. The molecule has 2 aliphatic heterocycles. The summed E-state index contributed by atoms with van der Waals surface area (Å²) in [5.74, 6) is -1.74. The Morgan fingerprint density at radius 1 is 1.21 bits per heavy atom. The van der Waals surface area contributed by atoms with Crippen LogP contribution in [0.2, 0.25) is 5.02 Å². The van der Waals surface area contributed by atoms with Gasteiger partial charge in [-0.05, 0) is 25.1 Å². The van der Waals surface area contributed by atoms with E-state index in [1.54, 1.807) is 19.2 Å². The molecule has 4 atom stereocenters. The lowest BCUT2D eigenvalue weighted by Crippen LogP contribution is -2.80. The molecule has 7 nitrogen and oxygen atoms in total. The minimum atomic E-state index is -1.68. The van der Waals surface area contributed by atoms with Gasteiger partial charge in [0.1, 0.15) is 23.0 Å². The minimum absolute atomic E-state index is 0.0676.